The van der Waals surface area contributed by atoms with Gasteiger partial charge in [0.25, 0.3) is 0 Å². The number of piperidine rings is 1. The van der Waals surface area contributed by atoms with Gasteiger partial charge in [0.2, 0.25) is 5.91 Å². The number of hydrogen-bond acceptors (Lipinski definition) is 3. The third kappa shape index (κ3) is 3.87. The van der Waals surface area contributed by atoms with Gasteiger partial charge in [-0.3, -0.25) is 4.79 Å². The molecule has 0 radical (unpaired) electrons. The van der Waals surface area contributed by atoms with Crippen molar-refractivity contribution in [2.24, 2.45) is 5.73 Å². The summed E-state index contributed by atoms with van der Waals surface area (Å²) in [5.74, 6) is 0.669. The Morgan fingerprint density at radius 3 is 2.95 bits per heavy atom. The second-order valence-corrected chi connectivity index (χ2v) is 5.09. The summed E-state index contributed by atoms with van der Waals surface area (Å²) < 4.78 is 5.24. The van der Waals surface area contributed by atoms with E-state index in [-0.39, 0.29) is 18.5 Å². The molecule has 114 valence electrons. The Morgan fingerprint density at radius 2 is 2.24 bits per heavy atom. The second kappa shape index (κ2) is 6.97. The van der Waals surface area contributed by atoms with Crippen LogP contribution in [0.5, 0.6) is 5.75 Å². The molecule has 3 N–H and O–H groups in total. The van der Waals surface area contributed by atoms with E-state index in [4.69, 9.17) is 10.5 Å². The van der Waals surface area contributed by atoms with Gasteiger partial charge >= 0.3 is 6.03 Å². The number of nitrogens with one attached hydrogen (secondary N) is 1. The van der Waals surface area contributed by atoms with Crippen LogP contribution in [0.2, 0.25) is 0 Å². The Hall–Kier alpha value is -2.24. The Bertz CT molecular complexity index is 519. The topological polar surface area (TPSA) is 84.7 Å². The van der Waals surface area contributed by atoms with Crippen molar-refractivity contribution in [3.05, 3.63) is 29.8 Å². The van der Waals surface area contributed by atoms with E-state index in [1.165, 1.54) is 0 Å². The van der Waals surface area contributed by atoms with E-state index >= 15 is 0 Å². The van der Waals surface area contributed by atoms with Gasteiger partial charge in [0.05, 0.1) is 19.7 Å². The van der Waals surface area contributed by atoms with Crippen molar-refractivity contribution in [2.75, 3.05) is 20.2 Å². The number of carbonyl (C=O) groups is 2. The quantitative estimate of drug-likeness (QED) is 0.879. The average Bonchev–Trinajstić information content (AvgIpc) is 2.52. The number of primary amides is 1. The summed E-state index contributed by atoms with van der Waals surface area (Å²) >= 11 is 0. The van der Waals surface area contributed by atoms with Crippen molar-refractivity contribution in [3.8, 4) is 5.75 Å². The van der Waals surface area contributed by atoms with E-state index < -0.39 is 6.03 Å². The molecule has 21 heavy (non-hydrogen) atoms. The summed E-state index contributed by atoms with van der Waals surface area (Å²) in [6.07, 6.45) is 2.97. The number of urea groups is 1. The van der Waals surface area contributed by atoms with Crippen molar-refractivity contribution in [1.29, 1.82) is 0 Å². The first-order valence-electron chi connectivity index (χ1n) is 7.08. The van der Waals surface area contributed by atoms with Crippen LogP contribution in [0.4, 0.5) is 4.79 Å². The van der Waals surface area contributed by atoms with Gasteiger partial charge in [-0.2, -0.15) is 0 Å². The number of nitrogens with two attached hydrogens (primary N) is 1. The third-order valence-electron chi connectivity index (χ3n) is 3.72. The molecule has 0 spiro atoms. The molecule has 1 aliphatic rings. The van der Waals surface area contributed by atoms with Gasteiger partial charge in [0.1, 0.15) is 5.75 Å². The van der Waals surface area contributed by atoms with Crippen LogP contribution >= 0.6 is 0 Å². The van der Waals surface area contributed by atoms with E-state index in [1.54, 1.807) is 7.11 Å². The van der Waals surface area contributed by atoms with Gasteiger partial charge in [-0.05, 0) is 37.0 Å². The minimum absolute atomic E-state index is 0.0241. The molecule has 3 amide bonds. The fourth-order valence-electron chi connectivity index (χ4n) is 2.69. The van der Waals surface area contributed by atoms with Gasteiger partial charge < -0.3 is 20.7 Å². The average molecular weight is 291 g/mol. The van der Waals surface area contributed by atoms with Crippen LogP contribution < -0.4 is 15.8 Å². The number of likely N-dealkylation sites (tertiary alicyclic amines) is 1. The number of methoxy groups -OCH3 is 1. The molecular weight excluding hydrogens is 270 g/mol. The number of hydrogen-bond donors (Lipinski definition) is 2. The molecular formula is C15H21N3O3. The van der Waals surface area contributed by atoms with E-state index in [0.717, 1.165) is 30.6 Å². The van der Waals surface area contributed by atoms with Crippen LogP contribution in [0.25, 0.3) is 0 Å². The van der Waals surface area contributed by atoms with Gasteiger partial charge in [0, 0.05) is 6.54 Å². The lowest BCUT2D eigenvalue weighted by molar-refractivity contribution is -0.133. The van der Waals surface area contributed by atoms with Crippen molar-refractivity contribution in [3.63, 3.8) is 0 Å². The summed E-state index contributed by atoms with van der Waals surface area (Å²) in [6, 6.07) is 7.10. The minimum atomic E-state index is -0.682. The van der Waals surface area contributed by atoms with Crippen LogP contribution in [0, 0.1) is 0 Å². The molecule has 0 saturated carbocycles. The molecule has 1 atom stereocenters. The van der Waals surface area contributed by atoms with Crippen molar-refractivity contribution in [1.82, 2.24) is 10.2 Å². The largest absolute Gasteiger partial charge is 0.497 e. The van der Waals surface area contributed by atoms with Gasteiger partial charge in [0.15, 0.2) is 0 Å². The highest BCUT2D eigenvalue weighted by Crippen LogP contribution is 2.32. The molecule has 6 nitrogen and oxygen atoms in total. The lowest BCUT2D eigenvalue weighted by atomic mass is 9.95. The molecule has 1 aliphatic heterocycles. The molecule has 1 fully saturated rings. The van der Waals surface area contributed by atoms with Gasteiger partial charge in [-0.1, -0.05) is 12.1 Å². The standard InChI is InChI=1S/C15H21N3O3/c1-21-12-6-4-5-11(9-12)13-7-2-3-8-18(13)14(19)10-17-15(16)20/h4-6,9,13H,2-3,7-8,10H2,1H3,(H3,16,17,20)/t13-/m0/s1. The minimum Gasteiger partial charge on any atom is -0.497 e. The highest BCUT2D eigenvalue weighted by atomic mass is 16.5. The predicted molar refractivity (Wildman–Crippen MR) is 78.9 cm³/mol. The lowest BCUT2D eigenvalue weighted by Gasteiger charge is -2.36. The molecule has 0 aromatic heterocycles. The van der Waals surface area contributed by atoms with Crippen LogP contribution in [-0.2, 0) is 4.79 Å². The maximum atomic E-state index is 12.3. The number of amides is 3. The Kier molecular flexibility index (Phi) is 5.03. The van der Waals surface area contributed by atoms with E-state index in [0.29, 0.717) is 6.54 Å². The molecule has 0 unspecified atom stereocenters. The third-order valence-corrected chi connectivity index (χ3v) is 3.72. The fraction of sp³-hybridized carbons (Fsp3) is 0.467. The summed E-state index contributed by atoms with van der Waals surface area (Å²) in [5, 5.41) is 2.36. The normalized spacial score (nSPS) is 18.1. The first-order chi connectivity index (χ1) is 10.1. The smallest absolute Gasteiger partial charge is 0.312 e. The zero-order chi connectivity index (χ0) is 15.2. The number of ether oxygens (including phenoxy) is 1. The van der Waals surface area contributed by atoms with E-state index in [1.807, 2.05) is 29.2 Å². The van der Waals surface area contributed by atoms with E-state index in [2.05, 4.69) is 5.32 Å². The number of nitrogens with zero attached hydrogens (tertiary/aromatic N) is 1. The number of rotatable bonds is 4. The molecule has 1 saturated heterocycles. The van der Waals surface area contributed by atoms with Crippen LogP contribution in [0.3, 0.4) is 0 Å². The SMILES string of the molecule is COc1cccc([C@@H]2CCCCN2C(=O)CNC(N)=O)c1. The lowest BCUT2D eigenvalue weighted by Crippen LogP contribution is -2.45. The molecule has 0 aliphatic carbocycles. The Labute approximate surface area is 124 Å². The zero-order valence-electron chi connectivity index (χ0n) is 12.2. The van der Waals surface area contributed by atoms with Gasteiger partial charge in [-0.15, -0.1) is 0 Å². The predicted octanol–water partition coefficient (Wildman–Crippen LogP) is 1.42. The van der Waals surface area contributed by atoms with Crippen molar-refractivity contribution >= 4 is 11.9 Å². The summed E-state index contributed by atoms with van der Waals surface area (Å²) in [4.78, 5) is 24.8. The second-order valence-electron chi connectivity index (χ2n) is 5.09. The summed E-state index contributed by atoms with van der Waals surface area (Å²) in [6.45, 7) is 0.636. The van der Waals surface area contributed by atoms with Crippen LogP contribution in [0.1, 0.15) is 30.9 Å². The Morgan fingerprint density at radius 1 is 1.43 bits per heavy atom. The molecule has 1 aromatic carbocycles. The van der Waals surface area contributed by atoms with Crippen LogP contribution in [-0.4, -0.2) is 37.0 Å². The molecule has 2 rings (SSSR count). The maximum absolute atomic E-state index is 12.3. The van der Waals surface area contributed by atoms with E-state index in [9.17, 15) is 9.59 Å². The van der Waals surface area contributed by atoms with Crippen molar-refractivity contribution in [2.45, 2.75) is 25.3 Å². The summed E-state index contributed by atoms with van der Waals surface area (Å²) in [7, 11) is 1.62. The zero-order valence-corrected chi connectivity index (χ0v) is 12.2. The summed E-state index contributed by atoms with van der Waals surface area (Å²) in [5.41, 5.74) is 6.07. The molecule has 1 aromatic rings. The molecule has 0 bridgehead atoms. The monoisotopic (exact) mass is 291 g/mol. The fourth-order valence-corrected chi connectivity index (χ4v) is 2.69. The first-order valence-corrected chi connectivity index (χ1v) is 7.08. The molecule has 6 heteroatoms. The maximum Gasteiger partial charge on any atom is 0.312 e. The van der Waals surface area contributed by atoms with Crippen molar-refractivity contribution < 1.29 is 14.3 Å². The first kappa shape index (κ1) is 15.2. The van der Waals surface area contributed by atoms with Crippen LogP contribution in [0.15, 0.2) is 24.3 Å². The highest BCUT2D eigenvalue weighted by Gasteiger charge is 2.28. The highest BCUT2D eigenvalue weighted by molar-refractivity contribution is 5.83. The van der Waals surface area contributed by atoms with Gasteiger partial charge in [-0.25, -0.2) is 4.79 Å². The number of carbonyl (C=O) groups excluding carboxylic acids is 2. The Balaban J connectivity index is 2.14. The molecule has 1 heterocycles. The number of benzene rings is 1.